The number of carbonyl (C=O) groups is 1. The van der Waals surface area contributed by atoms with Crippen LogP contribution in [0.15, 0.2) is 48.5 Å². The van der Waals surface area contributed by atoms with Crippen LogP contribution in [0.4, 0.5) is 0 Å². The van der Waals surface area contributed by atoms with Crippen LogP contribution < -0.4 is 4.74 Å². The zero-order valence-corrected chi connectivity index (χ0v) is 12.5. The molecule has 1 amide bonds. The molecule has 0 bridgehead atoms. The fourth-order valence-corrected chi connectivity index (χ4v) is 2.20. The Morgan fingerprint density at radius 2 is 1.81 bits per heavy atom. The van der Waals surface area contributed by atoms with Crippen molar-refractivity contribution in [3.8, 4) is 5.75 Å². The van der Waals surface area contributed by atoms with Gasteiger partial charge in [-0.05, 0) is 37.6 Å². The highest BCUT2D eigenvalue weighted by atomic mass is 16.5. The average Bonchev–Trinajstić information content (AvgIpc) is 2.53. The van der Waals surface area contributed by atoms with Crippen LogP contribution in [0.2, 0.25) is 0 Å². The molecule has 0 spiro atoms. The first-order valence-electron chi connectivity index (χ1n) is 6.99. The maximum atomic E-state index is 12.6. The highest BCUT2D eigenvalue weighted by molar-refractivity contribution is 5.94. The summed E-state index contributed by atoms with van der Waals surface area (Å²) in [5.41, 5.74) is 2.59. The number of hydrogen-bond donors (Lipinski definition) is 0. The number of nitrogens with zero attached hydrogens (tertiary/aromatic N) is 1. The predicted octanol–water partition coefficient (Wildman–Crippen LogP) is 3.54. The van der Waals surface area contributed by atoms with E-state index in [9.17, 15) is 4.79 Å². The van der Waals surface area contributed by atoms with E-state index in [0.29, 0.717) is 18.7 Å². The second-order valence-electron chi connectivity index (χ2n) is 4.83. The first-order valence-corrected chi connectivity index (χ1v) is 6.99. The quantitative estimate of drug-likeness (QED) is 0.839. The summed E-state index contributed by atoms with van der Waals surface area (Å²) in [4.78, 5) is 14.4. The van der Waals surface area contributed by atoms with Crippen LogP contribution in [0.3, 0.4) is 0 Å². The van der Waals surface area contributed by atoms with Gasteiger partial charge < -0.3 is 9.64 Å². The van der Waals surface area contributed by atoms with E-state index in [-0.39, 0.29) is 5.91 Å². The molecule has 0 aliphatic rings. The molecule has 2 rings (SSSR count). The number of carbonyl (C=O) groups excluding carboxylic acids is 1. The highest BCUT2D eigenvalue weighted by Gasteiger charge is 2.15. The van der Waals surface area contributed by atoms with Crippen molar-refractivity contribution in [2.75, 3.05) is 13.7 Å². The lowest BCUT2D eigenvalue weighted by Gasteiger charge is -2.22. The topological polar surface area (TPSA) is 29.5 Å². The van der Waals surface area contributed by atoms with Crippen molar-refractivity contribution in [3.05, 3.63) is 72.1 Å². The summed E-state index contributed by atoms with van der Waals surface area (Å²) < 4.78 is 5.35. The lowest BCUT2D eigenvalue weighted by Crippen LogP contribution is -2.30. The van der Waals surface area contributed by atoms with Crippen molar-refractivity contribution in [1.82, 2.24) is 4.90 Å². The first-order chi connectivity index (χ1) is 10.2. The van der Waals surface area contributed by atoms with Crippen molar-refractivity contribution in [2.45, 2.75) is 13.5 Å². The molecule has 0 saturated heterocycles. The van der Waals surface area contributed by atoms with E-state index >= 15 is 0 Å². The molecular formula is C18H20NO2. The number of methoxy groups -OCH3 is 1. The van der Waals surface area contributed by atoms with E-state index in [2.05, 4.69) is 6.92 Å². The van der Waals surface area contributed by atoms with Crippen LogP contribution >= 0.6 is 0 Å². The molecule has 0 aliphatic carbocycles. The standard InChI is InChI=1S/C18H20NO2/c1-4-19(13-16-7-5-6-8-17(16)21-3)18(20)15-11-9-14(2)10-12-15/h5-12H,2,4,13H2,1,3H3. The van der Waals surface area contributed by atoms with Gasteiger partial charge in [0.2, 0.25) is 0 Å². The normalized spacial score (nSPS) is 10.2. The Morgan fingerprint density at radius 3 is 2.43 bits per heavy atom. The minimum absolute atomic E-state index is 0.0170. The molecule has 0 heterocycles. The van der Waals surface area contributed by atoms with Gasteiger partial charge in [-0.3, -0.25) is 4.79 Å². The van der Waals surface area contributed by atoms with Gasteiger partial charge in [-0.1, -0.05) is 30.3 Å². The third kappa shape index (κ3) is 3.63. The second-order valence-corrected chi connectivity index (χ2v) is 4.83. The Labute approximate surface area is 126 Å². The minimum atomic E-state index is 0.0170. The van der Waals surface area contributed by atoms with Gasteiger partial charge in [0.1, 0.15) is 5.75 Å². The van der Waals surface area contributed by atoms with Gasteiger partial charge in [-0.15, -0.1) is 0 Å². The van der Waals surface area contributed by atoms with Gasteiger partial charge in [-0.2, -0.15) is 0 Å². The fourth-order valence-electron chi connectivity index (χ4n) is 2.20. The molecule has 0 aliphatic heterocycles. The van der Waals surface area contributed by atoms with Crippen molar-refractivity contribution >= 4 is 5.91 Å². The van der Waals surface area contributed by atoms with Gasteiger partial charge in [-0.25, -0.2) is 0 Å². The first kappa shape index (κ1) is 15.1. The van der Waals surface area contributed by atoms with Gasteiger partial charge in [0.25, 0.3) is 5.91 Å². The van der Waals surface area contributed by atoms with Gasteiger partial charge in [0.05, 0.1) is 7.11 Å². The lowest BCUT2D eigenvalue weighted by atomic mass is 10.1. The molecule has 0 unspecified atom stereocenters. The Kier molecular flexibility index (Phi) is 4.99. The Morgan fingerprint density at radius 1 is 1.14 bits per heavy atom. The fraction of sp³-hybridized carbons (Fsp3) is 0.222. The number of ether oxygens (including phenoxy) is 1. The molecule has 3 nitrogen and oxygen atoms in total. The average molecular weight is 282 g/mol. The maximum absolute atomic E-state index is 12.6. The van der Waals surface area contributed by atoms with E-state index in [1.54, 1.807) is 12.0 Å². The Hall–Kier alpha value is -2.29. The van der Waals surface area contributed by atoms with Crippen LogP contribution in [0.25, 0.3) is 0 Å². The lowest BCUT2D eigenvalue weighted by molar-refractivity contribution is 0.0751. The minimum Gasteiger partial charge on any atom is -0.496 e. The molecule has 0 atom stereocenters. The van der Waals surface area contributed by atoms with E-state index in [0.717, 1.165) is 16.9 Å². The summed E-state index contributed by atoms with van der Waals surface area (Å²) in [7, 11) is 1.64. The molecule has 1 radical (unpaired) electrons. The summed E-state index contributed by atoms with van der Waals surface area (Å²) in [5.74, 6) is 0.820. The van der Waals surface area contributed by atoms with Crippen molar-refractivity contribution < 1.29 is 9.53 Å². The smallest absolute Gasteiger partial charge is 0.254 e. The molecule has 0 aromatic heterocycles. The number of rotatable bonds is 5. The van der Waals surface area contributed by atoms with Crippen LogP contribution in [-0.4, -0.2) is 24.5 Å². The van der Waals surface area contributed by atoms with Crippen LogP contribution in [0, 0.1) is 6.92 Å². The molecule has 0 fully saturated rings. The van der Waals surface area contributed by atoms with Gasteiger partial charge >= 0.3 is 0 Å². The van der Waals surface area contributed by atoms with Gasteiger partial charge in [0, 0.05) is 24.2 Å². The third-order valence-electron chi connectivity index (χ3n) is 3.42. The van der Waals surface area contributed by atoms with E-state index in [1.807, 2.05) is 55.5 Å². The molecule has 21 heavy (non-hydrogen) atoms. The maximum Gasteiger partial charge on any atom is 0.254 e. The Bertz CT molecular complexity index is 605. The van der Waals surface area contributed by atoms with Crippen molar-refractivity contribution in [1.29, 1.82) is 0 Å². The summed E-state index contributed by atoms with van der Waals surface area (Å²) >= 11 is 0. The molecule has 0 saturated carbocycles. The SMILES string of the molecule is [CH2]c1ccc(C(=O)N(CC)Cc2ccccc2OC)cc1. The largest absolute Gasteiger partial charge is 0.496 e. The summed E-state index contributed by atoms with van der Waals surface area (Å²) in [6, 6.07) is 15.1. The molecular weight excluding hydrogens is 262 g/mol. The van der Waals surface area contributed by atoms with Crippen LogP contribution in [-0.2, 0) is 6.54 Å². The second kappa shape index (κ2) is 6.93. The predicted molar refractivity (Wildman–Crippen MR) is 84.3 cm³/mol. The number of para-hydroxylation sites is 1. The number of hydrogen-bond acceptors (Lipinski definition) is 2. The third-order valence-corrected chi connectivity index (χ3v) is 3.42. The number of amides is 1. The zero-order valence-electron chi connectivity index (χ0n) is 12.5. The summed E-state index contributed by atoms with van der Waals surface area (Å²) in [6.45, 7) is 6.99. The van der Waals surface area contributed by atoms with E-state index < -0.39 is 0 Å². The zero-order chi connectivity index (χ0) is 15.2. The summed E-state index contributed by atoms with van der Waals surface area (Å²) in [6.07, 6.45) is 0. The van der Waals surface area contributed by atoms with E-state index in [1.165, 1.54) is 0 Å². The van der Waals surface area contributed by atoms with Crippen molar-refractivity contribution in [3.63, 3.8) is 0 Å². The highest BCUT2D eigenvalue weighted by Crippen LogP contribution is 2.20. The number of benzene rings is 2. The molecule has 109 valence electrons. The summed E-state index contributed by atoms with van der Waals surface area (Å²) in [5, 5.41) is 0. The van der Waals surface area contributed by atoms with E-state index in [4.69, 9.17) is 4.74 Å². The van der Waals surface area contributed by atoms with Crippen molar-refractivity contribution in [2.24, 2.45) is 0 Å². The van der Waals surface area contributed by atoms with Gasteiger partial charge in [0.15, 0.2) is 0 Å². The molecule has 3 heteroatoms. The molecule has 2 aromatic rings. The van der Waals surface area contributed by atoms with Crippen LogP contribution in [0.1, 0.15) is 28.4 Å². The Balaban J connectivity index is 2.19. The monoisotopic (exact) mass is 282 g/mol. The van der Waals surface area contributed by atoms with Crippen LogP contribution in [0.5, 0.6) is 5.75 Å². The molecule has 0 N–H and O–H groups in total. The molecule has 2 aromatic carbocycles.